The first-order chi connectivity index (χ1) is 10.0. The Bertz CT molecular complexity index is 615. The number of fused-ring (bicyclic) bond motifs is 1. The van der Waals surface area contributed by atoms with E-state index in [4.69, 9.17) is 4.99 Å². The number of hydrogen-bond acceptors (Lipinski definition) is 5. The summed E-state index contributed by atoms with van der Waals surface area (Å²) >= 11 is 1.69. The molecule has 1 aromatic carbocycles. The normalized spacial score (nSPS) is 24.4. The molecule has 2 heterocycles. The Morgan fingerprint density at radius 1 is 1.14 bits per heavy atom. The fourth-order valence-corrected chi connectivity index (χ4v) is 4.19. The van der Waals surface area contributed by atoms with Crippen molar-refractivity contribution in [3.05, 3.63) is 18.2 Å². The van der Waals surface area contributed by atoms with Gasteiger partial charge in [-0.1, -0.05) is 24.6 Å². The molecular weight excluding hydrogens is 298 g/mol. The minimum absolute atomic E-state index is 0.0455. The SMILES string of the molecule is FC1(F)Oc2ccc(NC3=NC4(CCCC4)CS3)cc2O1. The quantitative estimate of drug-likeness (QED) is 0.855. The molecule has 7 heteroatoms. The number of aliphatic imine (C=N–C) groups is 1. The van der Waals surface area contributed by atoms with Crippen molar-refractivity contribution in [2.24, 2.45) is 4.99 Å². The Morgan fingerprint density at radius 2 is 1.90 bits per heavy atom. The fraction of sp³-hybridized carbons (Fsp3) is 0.500. The molecule has 1 saturated carbocycles. The van der Waals surface area contributed by atoms with Gasteiger partial charge in [0.1, 0.15) is 0 Å². The summed E-state index contributed by atoms with van der Waals surface area (Å²) in [6.45, 7) is 0. The summed E-state index contributed by atoms with van der Waals surface area (Å²) in [7, 11) is 0. The average Bonchev–Trinajstić information content (AvgIpc) is 3.09. The maximum absolute atomic E-state index is 13.0. The van der Waals surface area contributed by atoms with Gasteiger partial charge in [0, 0.05) is 17.5 Å². The van der Waals surface area contributed by atoms with E-state index in [-0.39, 0.29) is 17.0 Å². The van der Waals surface area contributed by atoms with Gasteiger partial charge in [-0.3, -0.25) is 4.99 Å². The monoisotopic (exact) mass is 312 g/mol. The van der Waals surface area contributed by atoms with Crippen LogP contribution in [0.5, 0.6) is 11.5 Å². The Balaban J connectivity index is 1.52. The molecule has 0 bridgehead atoms. The summed E-state index contributed by atoms with van der Waals surface area (Å²) in [4.78, 5) is 4.78. The van der Waals surface area contributed by atoms with Gasteiger partial charge in [0.05, 0.1) is 5.54 Å². The molecule has 4 rings (SSSR count). The first-order valence-corrected chi connectivity index (χ1v) is 7.92. The first-order valence-electron chi connectivity index (χ1n) is 6.93. The highest BCUT2D eigenvalue weighted by Gasteiger charge is 2.43. The van der Waals surface area contributed by atoms with Gasteiger partial charge in [-0.15, -0.1) is 8.78 Å². The zero-order valence-electron chi connectivity index (χ0n) is 11.2. The predicted molar refractivity (Wildman–Crippen MR) is 77.4 cm³/mol. The Labute approximate surface area is 124 Å². The minimum Gasteiger partial charge on any atom is -0.395 e. The highest BCUT2D eigenvalue weighted by atomic mass is 32.2. The number of rotatable bonds is 1. The number of nitrogens with one attached hydrogen (secondary N) is 1. The number of alkyl halides is 2. The van der Waals surface area contributed by atoms with Crippen LogP contribution in [0.4, 0.5) is 14.5 Å². The fourth-order valence-electron chi connectivity index (χ4n) is 2.99. The van der Waals surface area contributed by atoms with Crippen LogP contribution in [0.1, 0.15) is 25.7 Å². The van der Waals surface area contributed by atoms with Crippen LogP contribution in [0.25, 0.3) is 0 Å². The van der Waals surface area contributed by atoms with Crippen molar-refractivity contribution in [2.45, 2.75) is 37.5 Å². The summed E-state index contributed by atoms with van der Waals surface area (Å²) in [5, 5.41) is 4.03. The number of ether oxygens (including phenoxy) is 2. The van der Waals surface area contributed by atoms with Gasteiger partial charge in [0.2, 0.25) is 0 Å². The van der Waals surface area contributed by atoms with E-state index >= 15 is 0 Å². The van der Waals surface area contributed by atoms with Gasteiger partial charge in [-0.25, -0.2) is 0 Å². The molecule has 0 amide bonds. The molecule has 1 aliphatic carbocycles. The lowest BCUT2D eigenvalue weighted by atomic mass is 10.0. The van der Waals surface area contributed by atoms with Crippen LogP contribution < -0.4 is 14.8 Å². The highest BCUT2D eigenvalue weighted by Crippen LogP contribution is 2.44. The van der Waals surface area contributed by atoms with Crippen molar-refractivity contribution in [1.29, 1.82) is 0 Å². The zero-order chi connectivity index (χ0) is 14.5. The third kappa shape index (κ3) is 2.43. The molecule has 0 saturated heterocycles. The van der Waals surface area contributed by atoms with Crippen LogP contribution in [0.2, 0.25) is 0 Å². The molecule has 0 aromatic heterocycles. The average molecular weight is 312 g/mol. The number of benzene rings is 1. The molecule has 1 N–H and O–H groups in total. The van der Waals surface area contributed by atoms with E-state index in [9.17, 15) is 8.78 Å². The number of hydrogen-bond donors (Lipinski definition) is 1. The second kappa shape index (κ2) is 4.50. The summed E-state index contributed by atoms with van der Waals surface area (Å²) in [5.74, 6) is 1.10. The van der Waals surface area contributed by atoms with Crippen molar-refractivity contribution in [3.8, 4) is 11.5 Å². The molecule has 1 spiro atoms. The number of nitrogens with zero attached hydrogens (tertiary/aromatic N) is 1. The smallest absolute Gasteiger partial charge is 0.395 e. The van der Waals surface area contributed by atoms with Crippen molar-refractivity contribution >= 4 is 22.6 Å². The Morgan fingerprint density at radius 3 is 2.71 bits per heavy atom. The van der Waals surface area contributed by atoms with Gasteiger partial charge in [0.25, 0.3) is 0 Å². The van der Waals surface area contributed by atoms with Crippen molar-refractivity contribution < 1.29 is 18.3 Å². The van der Waals surface area contributed by atoms with Gasteiger partial charge < -0.3 is 14.8 Å². The molecule has 1 fully saturated rings. The van der Waals surface area contributed by atoms with E-state index in [0.717, 1.165) is 23.8 Å². The van der Waals surface area contributed by atoms with Gasteiger partial charge in [0.15, 0.2) is 16.7 Å². The van der Waals surface area contributed by atoms with Crippen LogP contribution in [0, 0.1) is 0 Å². The summed E-state index contributed by atoms with van der Waals surface area (Å²) in [6, 6.07) is 4.68. The number of anilines is 1. The second-order valence-corrected chi connectivity index (χ2v) is 6.56. The minimum atomic E-state index is -3.57. The van der Waals surface area contributed by atoms with E-state index < -0.39 is 6.29 Å². The second-order valence-electron chi connectivity index (χ2n) is 5.59. The Kier molecular flexibility index (Phi) is 2.82. The topological polar surface area (TPSA) is 42.8 Å². The number of thioether (sulfide) groups is 1. The van der Waals surface area contributed by atoms with Crippen molar-refractivity contribution in [2.75, 3.05) is 11.1 Å². The molecular formula is C14H14F2N2O2S. The molecule has 0 atom stereocenters. The summed E-state index contributed by atoms with van der Waals surface area (Å²) < 4.78 is 34.8. The molecule has 4 nitrogen and oxygen atoms in total. The first kappa shape index (κ1) is 13.2. The lowest BCUT2D eigenvalue weighted by Crippen LogP contribution is -2.25. The maximum atomic E-state index is 13.0. The molecule has 0 radical (unpaired) electrons. The van der Waals surface area contributed by atoms with Crippen LogP contribution in [-0.4, -0.2) is 22.8 Å². The molecule has 2 aliphatic heterocycles. The lowest BCUT2D eigenvalue weighted by molar-refractivity contribution is -0.286. The van der Waals surface area contributed by atoms with E-state index in [1.165, 1.54) is 25.0 Å². The molecule has 112 valence electrons. The third-order valence-corrected chi connectivity index (χ3v) is 5.15. The molecule has 21 heavy (non-hydrogen) atoms. The zero-order valence-corrected chi connectivity index (χ0v) is 12.0. The van der Waals surface area contributed by atoms with Gasteiger partial charge in [-0.05, 0) is 25.0 Å². The summed E-state index contributed by atoms with van der Waals surface area (Å²) in [6.07, 6.45) is 1.17. The molecule has 1 aromatic rings. The van der Waals surface area contributed by atoms with E-state index in [0.29, 0.717) is 5.69 Å². The standard InChI is InChI=1S/C14H14F2N2O2S/c15-14(16)19-10-4-3-9(7-11(10)20-14)17-12-18-13(8-21-12)5-1-2-6-13/h3-4,7H,1-2,5-6,8H2,(H,17,18). The summed E-state index contributed by atoms with van der Waals surface area (Å²) in [5.41, 5.74) is 0.771. The molecule has 3 aliphatic rings. The van der Waals surface area contributed by atoms with Crippen LogP contribution in [0.3, 0.4) is 0 Å². The highest BCUT2D eigenvalue weighted by molar-refractivity contribution is 8.14. The van der Waals surface area contributed by atoms with Gasteiger partial charge in [-0.2, -0.15) is 0 Å². The van der Waals surface area contributed by atoms with Crippen molar-refractivity contribution in [1.82, 2.24) is 0 Å². The predicted octanol–water partition coefficient (Wildman–Crippen LogP) is 3.84. The molecule has 0 unspecified atom stereocenters. The Hall–Kier alpha value is -1.50. The van der Waals surface area contributed by atoms with Gasteiger partial charge >= 0.3 is 6.29 Å². The van der Waals surface area contributed by atoms with Crippen LogP contribution in [0.15, 0.2) is 23.2 Å². The van der Waals surface area contributed by atoms with E-state index in [2.05, 4.69) is 14.8 Å². The number of amidine groups is 1. The van der Waals surface area contributed by atoms with Crippen molar-refractivity contribution in [3.63, 3.8) is 0 Å². The maximum Gasteiger partial charge on any atom is 0.586 e. The number of halogens is 2. The lowest BCUT2D eigenvalue weighted by Gasteiger charge is -2.16. The van der Waals surface area contributed by atoms with E-state index in [1.807, 2.05) is 0 Å². The third-order valence-electron chi connectivity index (χ3n) is 4.00. The largest absolute Gasteiger partial charge is 0.586 e. The van der Waals surface area contributed by atoms with Crippen LogP contribution in [-0.2, 0) is 0 Å². The van der Waals surface area contributed by atoms with E-state index in [1.54, 1.807) is 17.8 Å². The van der Waals surface area contributed by atoms with Crippen LogP contribution >= 0.6 is 11.8 Å².